The highest BCUT2D eigenvalue weighted by atomic mass is 32.1. The van der Waals surface area contributed by atoms with E-state index >= 15 is 0 Å². The zero-order valence-electron chi connectivity index (χ0n) is 21.8. The van der Waals surface area contributed by atoms with Crippen LogP contribution in [0.3, 0.4) is 0 Å². The summed E-state index contributed by atoms with van der Waals surface area (Å²) in [4.78, 5) is 10.8. The van der Waals surface area contributed by atoms with Gasteiger partial charge < -0.3 is 9.64 Å². The molecule has 0 radical (unpaired) electrons. The molecule has 0 amide bonds. The molecule has 34 heavy (non-hydrogen) atoms. The summed E-state index contributed by atoms with van der Waals surface area (Å²) in [6, 6.07) is 7.56. The minimum absolute atomic E-state index is 0.136. The lowest BCUT2D eigenvalue weighted by Gasteiger charge is -2.49. The molecule has 0 saturated carbocycles. The Morgan fingerprint density at radius 1 is 1.35 bits per heavy atom. The van der Waals surface area contributed by atoms with Crippen molar-refractivity contribution in [3.8, 4) is 16.3 Å². The molecule has 0 bridgehead atoms. The summed E-state index contributed by atoms with van der Waals surface area (Å²) in [6.45, 7) is 16.9. The van der Waals surface area contributed by atoms with E-state index in [0.29, 0.717) is 11.7 Å². The Bertz CT molecular complexity index is 936. The van der Waals surface area contributed by atoms with Crippen LogP contribution < -0.4 is 4.74 Å². The number of benzene rings is 1. The Hall–Kier alpha value is -1.76. The molecule has 1 aromatic carbocycles. The first-order chi connectivity index (χ1) is 16.0. The predicted molar refractivity (Wildman–Crippen MR) is 142 cm³/mol. The summed E-state index contributed by atoms with van der Waals surface area (Å²) in [5.74, 6) is 1.14. The fourth-order valence-corrected chi connectivity index (χ4v) is 5.95. The van der Waals surface area contributed by atoms with Gasteiger partial charge in [-0.25, -0.2) is 9.37 Å². The van der Waals surface area contributed by atoms with E-state index in [9.17, 15) is 4.39 Å². The summed E-state index contributed by atoms with van der Waals surface area (Å²) in [5.41, 5.74) is 1.22. The lowest BCUT2D eigenvalue weighted by atomic mass is 9.65. The second-order valence-corrected chi connectivity index (χ2v) is 12.3. The zero-order chi connectivity index (χ0) is 24.9. The van der Waals surface area contributed by atoms with Crippen LogP contribution in [0.15, 0.2) is 43.1 Å². The smallest absolute Gasteiger partial charge is 0.235 e. The second kappa shape index (κ2) is 11.3. The van der Waals surface area contributed by atoms with Gasteiger partial charge in [-0.15, -0.1) is 17.9 Å². The molecular formula is C28H42FN3OS. The molecular weight excluding hydrogens is 445 g/mol. The largest absolute Gasteiger partial charge is 0.460 e. The van der Waals surface area contributed by atoms with E-state index in [1.54, 1.807) is 17.4 Å². The molecule has 1 fully saturated rings. The minimum atomic E-state index is -1.36. The van der Waals surface area contributed by atoms with Crippen molar-refractivity contribution in [2.75, 3.05) is 33.7 Å². The number of para-hydroxylation sites is 1. The summed E-state index contributed by atoms with van der Waals surface area (Å²) in [5, 5.41) is 0.872. The van der Waals surface area contributed by atoms with E-state index in [0.717, 1.165) is 43.2 Å². The highest BCUT2D eigenvalue weighted by molar-refractivity contribution is 7.15. The number of hydrogen-bond donors (Lipinski definition) is 0. The number of thiazole rings is 1. The number of rotatable bonds is 10. The Labute approximate surface area is 209 Å². The van der Waals surface area contributed by atoms with Crippen LogP contribution in [0.2, 0.25) is 0 Å². The summed E-state index contributed by atoms with van der Waals surface area (Å²) < 4.78 is 18.9. The molecule has 2 aromatic rings. The monoisotopic (exact) mass is 487 g/mol. The SMILES string of the molecule is C=CC1(CCCN(C)C)CC(C(C)(C)C)CN(Cc2cnc(-c3ccccc3OC(C)F)s2)C1. The van der Waals surface area contributed by atoms with Gasteiger partial charge in [0.1, 0.15) is 10.8 Å². The standard InChI is InChI=1S/C28H42FN3OS/c1-8-28(14-11-15-31(6)7)16-22(27(3,4)5)18-32(20-28)19-23-17-30-26(34-23)24-12-9-10-13-25(24)33-21(2)29/h8-10,12-13,17,21-22H,1,11,14-16,18-20H2,2-7H3. The third kappa shape index (κ3) is 7.12. The van der Waals surface area contributed by atoms with Crippen LogP contribution in [0, 0.1) is 16.7 Å². The first-order valence-corrected chi connectivity index (χ1v) is 13.2. The van der Waals surface area contributed by atoms with Gasteiger partial charge in [-0.2, -0.15) is 0 Å². The van der Waals surface area contributed by atoms with Crippen LogP contribution >= 0.6 is 11.3 Å². The Morgan fingerprint density at radius 2 is 2.09 bits per heavy atom. The highest BCUT2D eigenvalue weighted by Gasteiger charge is 2.41. The van der Waals surface area contributed by atoms with Crippen molar-refractivity contribution in [1.29, 1.82) is 0 Å². The Morgan fingerprint density at radius 3 is 2.74 bits per heavy atom. The number of likely N-dealkylation sites (tertiary alicyclic amines) is 1. The fraction of sp³-hybridized carbons (Fsp3) is 0.607. The second-order valence-electron chi connectivity index (χ2n) is 11.2. The molecule has 1 saturated heterocycles. The van der Waals surface area contributed by atoms with Gasteiger partial charge in [0.25, 0.3) is 0 Å². The molecule has 3 unspecified atom stereocenters. The van der Waals surface area contributed by atoms with Crippen LogP contribution in [-0.2, 0) is 6.54 Å². The molecule has 0 N–H and O–H groups in total. The quantitative estimate of drug-likeness (QED) is 0.341. The van der Waals surface area contributed by atoms with Gasteiger partial charge >= 0.3 is 0 Å². The molecule has 188 valence electrons. The number of piperidine rings is 1. The van der Waals surface area contributed by atoms with E-state index in [1.807, 2.05) is 24.4 Å². The van der Waals surface area contributed by atoms with E-state index in [1.165, 1.54) is 24.6 Å². The molecule has 0 aliphatic carbocycles. The van der Waals surface area contributed by atoms with Gasteiger partial charge in [0.15, 0.2) is 0 Å². The molecule has 4 nitrogen and oxygen atoms in total. The van der Waals surface area contributed by atoms with Crippen molar-refractivity contribution in [2.45, 2.75) is 59.9 Å². The lowest BCUT2D eigenvalue weighted by Crippen LogP contribution is -2.49. The van der Waals surface area contributed by atoms with Crippen molar-refractivity contribution in [3.63, 3.8) is 0 Å². The van der Waals surface area contributed by atoms with Crippen LogP contribution in [0.4, 0.5) is 4.39 Å². The number of alkyl halides is 1. The molecule has 1 aromatic heterocycles. The van der Waals surface area contributed by atoms with Gasteiger partial charge in [0.2, 0.25) is 6.36 Å². The predicted octanol–water partition coefficient (Wildman–Crippen LogP) is 6.89. The van der Waals surface area contributed by atoms with Gasteiger partial charge in [-0.1, -0.05) is 39.0 Å². The maximum Gasteiger partial charge on any atom is 0.235 e. The summed E-state index contributed by atoms with van der Waals surface area (Å²) in [6.07, 6.45) is 6.39. The van der Waals surface area contributed by atoms with E-state index in [-0.39, 0.29) is 10.8 Å². The van der Waals surface area contributed by atoms with E-state index < -0.39 is 6.36 Å². The van der Waals surface area contributed by atoms with Crippen molar-refractivity contribution < 1.29 is 9.13 Å². The maximum absolute atomic E-state index is 13.5. The zero-order valence-corrected chi connectivity index (χ0v) is 22.6. The minimum Gasteiger partial charge on any atom is -0.460 e. The number of halogens is 1. The molecule has 2 heterocycles. The van der Waals surface area contributed by atoms with Crippen LogP contribution in [0.25, 0.3) is 10.6 Å². The third-order valence-electron chi connectivity index (χ3n) is 6.95. The molecule has 6 heteroatoms. The molecule has 3 atom stereocenters. The van der Waals surface area contributed by atoms with Crippen molar-refractivity contribution in [1.82, 2.24) is 14.8 Å². The Kier molecular flexibility index (Phi) is 8.93. The van der Waals surface area contributed by atoms with Crippen molar-refractivity contribution in [3.05, 3.63) is 48.0 Å². The van der Waals surface area contributed by atoms with E-state index in [2.05, 4.69) is 62.3 Å². The number of ether oxygens (including phenoxy) is 1. The lowest BCUT2D eigenvalue weighted by molar-refractivity contribution is 0.0194. The van der Waals surface area contributed by atoms with Gasteiger partial charge in [-0.3, -0.25) is 4.90 Å². The first kappa shape index (κ1) is 26.8. The van der Waals surface area contributed by atoms with Crippen molar-refractivity contribution >= 4 is 11.3 Å². The normalized spacial score (nSPS) is 22.6. The summed E-state index contributed by atoms with van der Waals surface area (Å²) >= 11 is 1.67. The third-order valence-corrected chi connectivity index (χ3v) is 7.96. The topological polar surface area (TPSA) is 28.6 Å². The van der Waals surface area contributed by atoms with Gasteiger partial charge in [0, 0.05) is 43.0 Å². The summed E-state index contributed by atoms with van der Waals surface area (Å²) in [7, 11) is 4.29. The van der Waals surface area contributed by atoms with Crippen LogP contribution in [0.1, 0.15) is 51.8 Å². The average molecular weight is 488 g/mol. The van der Waals surface area contributed by atoms with Crippen LogP contribution in [0.5, 0.6) is 5.75 Å². The molecule has 0 spiro atoms. The van der Waals surface area contributed by atoms with Gasteiger partial charge in [0.05, 0.1) is 5.56 Å². The van der Waals surface area contributed by atoms with Crippen molar-refractivity contribution in [2.24, 2.45) is 16.7 Å². The number of aromatic nitrogens is 1. The highest BCUT2D eigenvalue weighted by Crippen LogP contribution is 2.45. The molecule has 1 aliphatic rings. The van der Waals surface area contributed by atoms with Gasteiger partial charge in [-0.05, 0) is 63.4 Å². The maximum atomic E-state index is 13.5. The average Bonchev–Trinajstić information content (AvgIpc) is 3.21. The number of nitrogens with zero attached hydrogens (tertiary/aromatic N) is 3. The first-order valence-electron chi connectivity index (χ1n) is 12.4. The van der Waals surface area contributed by atoms with E-state index in [4.69, 9.17) is 4.74 Å². The van der Waals surface area contributed by atoms with Crippen LogP contribution in [-0.4, -0.2) is 54.9 Å². The fourth-order valence-electron chi connectivity index (χ4n) is 4.97. The number of hydrogen-bond acceptors (Lipinski definition) is 5. The molecule has 3 rings (SSSR count). The Balaban J connectivity index is 1.79. The molecule has 1 aliphatic heterocycles.